The van der Waals surface area contributed by atoms with Gasteiger partial charge >= 0.3 is 0 Å². The molecule has 27 heavy (non-hydrogen) atoms. The number of aromatic nitrogens is 1. The highest BCUT2D eigenvalue weighted by atomic mass is 16.5. The third-order valence-electron chi connectivity index (χ3n) is 5.93. The quantitative estimate of drug-likeness (QED) is 0.658. The van der Waals surface area contributed by atoms with Gasteiger partial charge in [0.2, 0.25) is 0 Å². The zero-order valence-corrected chi connectivity index (χ0v) is 16.3. The largest absolute Gasteiger partial charge is 0.374 e. The smallest absolute Gasteiger partial charge is 0.0888 e. The molecule has 3 aromatic rings. The van der Waals surface area contributed by atoms with Gasteiger partial charge in [-0.2, -0.15) is 0 Å². The van der Waals surface area contributed by atoms with Crippen molar-refractivity contribution in [2.45, 2.75) is 31.8 Å². The summed E-state index contributed by atoms with van der Waals surface area (Å²) in [5.74, 6) is 0. The van der Waals surface area contributed by atoms with Crippen molar-refractivity contribution in [3.8, 4) is 0 Å². The summed E-state index contributed by atoms with van der Waals surface area (Å²) < 4.78 is 6.28. The minimum absolute atomic E-state index is 0.111. The summed E-state index contributed by atoms with van der Waals surface area (Å²) in [4.78, 5) is 7.21. The zero-order valence-electron chi connectivity index (χ0n) is 16.3. The number of rotatable bonds is 5. The Morgan fingerprint density at radius 3 is 2.48 bits per heavy atom. The topological polar surface area (TPSA) is 25.4 Å². The van der Waals surface area contributed by atoms with E-state index in [-0.39, 0.29) is 5.41 Å². The lowest BCUT2D eigenvalue weighted by Crippen LogP contribution is -2.43. The molecular formula is C24H28N2O. The summed E-state index contributed by atoms with van der Waals surface area (Å²) >= 11 is 0. The van der Waals surface area contributed by atoms with Gasteiger partial charge in [0.05, 0.1) is 24.4 Å². The SMILES string of the molecule is Cc1cc(COCC2(c3ccccc3)CCN(C)CC2)nc2ccccc12. The van der Waals surface area contributed by atoms with E-state index in [1.807, 2.05) is 6.07 Å². The van der Waals surface area contributed by atoms with E-state index in [2.05, 4.69) is 73.5 Å². The predicted molar refractivity (Wildman–Crippen MR) is 111 cm³/mol. The van der Waals surface area contributed by atoms with E-state index < -0.39 is 0 Å². The summed E-state index contributed by atoms with van der Waals surface area (Å²) in [5, 5.41) is 1.22. The molecular weight excluding hydrogens is 332 g/mol. The first-order valence-corrected chi connectivity index (χ1v) is 9.83. The number of aryl methyl sites for hydroxylation is 1. The average Bonchev–Trinajstić information content (AvgIpc) is 2.70. The van der Waals surface area contributed by atoms with Crippen molar-refractivity contribution < 1.29 is 4.74 Å². The minimum atomic E-state index is 0.111. The molecule has 0 spiro atoms. The fourth-order valence-electron chi connectivity index (χ4n) is 4.20. The molecule has 3 heteroatoms. The average molecular weight is 361 g/mol. The highest BCUT2D eigenvalue weighted by molar-refractivity contribution is 5.81. The zero-order chi connectivity index (χ0) is 18.7. The van der Waals surface area contributed by atoms with Crippen LogP contribution in [0.1, 0.15) is 29.7 Å². The Balaban J connectivity index is 1.50. The van der Waals surface area contributed by atoms with Crippen molar-refractivity contribution in [3.05, 3.63) is 77.5 Å². The first-order chi connectivity index (χ1) is 13.2. The molecule has 0 N–H and O–H groups in total. The van der Waals surface area contributed by atoms with Gasteiger partial charge in [0.25, 0.3) is 0 Å². The van der Waals surface area contributed by atoms with Gasteiger partial charge in [0.1, 0.15) is 0 Å². The van der Waals surface area contributed by atoms with Crippen LogP contribution in [0.25, 0.3) is 10.9 Å². The number of para-hydroxylation sites is 1. The molecule has 0 radical (unpaired) electrons. The third-order valence-corrected chi connectivity index (χ3v) is 5.93. The fourth-order valence-corrected chi connectivity index (χ4v) is 4.20. The van der Waals surface area contributed by atoms with Crippen LogP contribution in [-0.2, 0) is 16.8 Å². The Kier molecular flexibility index (Phi) is 5.24. The maximum atomic E-state index is 6.28. The van der Waals surface area contributed by atoms with Crippen molar-refractivity contribution in [1.82, 2.24) is 9.88 Å². The van der Waals surface area contributed by atoms with E-state index in [1.165, 1.54) is 16.5 Å². The number of hydrogen-bond acceptors (Lipinski definition) is 3. The predicted octanol–water partition coefficient (Wildman–Crippen LogP) is 4.72. The van der Waals surface area contributed by atoms with E-state index >= 15 is 0 Å². The Labute approximate surface area is 162 Å². The molecule has 0 atom stereocenters. The van der Waals surface area contributed by atoms with Crippen molar-refractivity contribution in [3.63, 3.8) is 0 Å². The maximum absolute atomic E-state index is 6.28. The van der Waals surface area contributed by atoms with Crippen LogP contribution in [0.15, 0.2) is 60.7 Å². The van der Waals surface area contributed by atoms with Gasteiger partial charge in [-0.25, -0.2) is 0 Å². The molecule has 140 valence electrons. The van der Waals surface area contributed by atoms with Gasteiger partial charge in [-0.05, 0) is 63.2 Å². The summed E-state index contributed by atoms with van der Waals surface area (Å²) in [5.41, 5.74) is 4.84. The standard InChI is InChI=1S/C24H28N2O/c1-19-16-21(25-23-11-7-6-10-22(19)23)17-27-18-24(12-14-26(2)15-13-24)20-8-4-3-5-9-20/h3-11,16H,12-15,17-18H2,1-2H3. The molecule has 1 aromatic heterocycles. The van der Waals surface area contributed by atoms with Crippen LogP contribution < -0.4 is 0 Å². The number of hydrogen-bond donors (Lipinski definition) is 0. The molecule has 0 unspecified atom stereocenters. The molecule has 0 saturated carbocycles. The van der Waals surface area contributed by atoms with E-state index in [1.54, 1.807) is 0 Å². The summed E-state index contributed by atoms with van der Waals surface area (Å²) in [7, 11) is 2.21. The normalized spacial score (nSPS) is 17.3. The molecule has 1 fully saturated rings. The van der Waals surface area contributed by atoms with Crippen LogP contribution >= 0.6 is 0 Å². The van der Waals surface area contributed by atoms with Crippen molar-refractivity contribution in [2.75, 3.05) is 26.7 Å². The van der Waals surface area contributed by atoms with Crippen LogP contribution in [0.5, 0.6) is 0 Å². The molecule has 0 amide bonds. The van der Waals surface area contributed by atoms with Gasteiger partial charge in [0.15, 0.2) is 0 Å². The summed E-state index contributed by atoms with van der Waals surface area (Å²) in [6, 6.07) is 21.4. The first kappa shape index (κ1) is 18.1. The van der Waals surface area contributed by atoms with Crippen molar-refractivity contribution in [2.24, 2.45) is 0 Å². The number of ether oxygens (including phenoxy) is 1. The number of benzene rings is 2. The van der Waals surface area contributed by atoms with Gasteiger partial charge in [-0.3, -0.25) is 4.98 Å². The number of piperidine rings is 1. The number of likely N-dealkylation sites (tertiary alicyclic amines) is 1. The number of fused-ring (bicyclic) bond motifs is 1. The van der Waals surface area contributed by atoms with Gasteiger partial charge in [0, 0.05) is 10.8 Å². The lowest BCUT2D eigenvalue weighted by Gasteiger charge is -2.41. The molecule has 1 aliphatic rings. The van der Waals surface area contributed by atoms with E-state index in [0.717, 1.165) is 43.7 Å². The molecule has 0 bridgehead atoms. The Morgan fingerprint density at radius 2 is 1.70 bits per heavy atom. The summed E-state index contributed by atoms with van der Waals surface area (Å²) in [6.45, 7) is 5.70. The van der Waals surface area contributed by atoms with Crippen LogP contribution in [0.2, 0.25) is 0 Å². The number of pyridine rings is 1. The van der Waals surface area contributed by atoms with E-state index in [9.17, 15) is 0 Å². The second-order valence-corrected chi connectivity index (χ2v) is 7.89. The third kappa shape index (κ3) is 3.90. The molecule has 3 nitrogen and oxygen atoms in total. The molecule has 4 rings (SSSR count). The molecule has 1 aliphatic heterocycles. The maximum Gasteiger partial charge on any atom is 0.0888 e. The van der Waals surface area contributed by atoms with Gasteiger partial charge in [-0.1, -0.05) is 48.5 Å². The Hall–Kier alpha value is -2.23. The van der Waals surface area contributed by atoms with E-state index in [0.29, 0.717) is 6.61 Å². The monoisotopic (exact) mass is 360 g/mol. The highest BCUT2D eigenvalue weighted by Gasteiger charge is 2.35. The van der Waals surface area contributed by atoms with E-state index in [4.69, 9.17) is 9.72 Å². The first-order valence-electron chi connectivity index (χ1n) is 9.83. The Morgan fingerprint density at radius 1 is 1.00 bits per heavy atom. The second-order valence-electron chi connectivity index (χ2n) is 7.89. The Bertz CT molecular complexity index is 899. The lowest BCUT2D eigenvalue weighted by molar-refractivity contribution is 0.0395. The molecule has 2 aromatic carbocycles. The van der Waals surface area contributed by atoms with Crippen molar-refractivity contribution in [1.29, 1.82) is 0 Å². The highest BCUT2D eigenvalue weighted by Crippen LogP contribution is 2.35. The van der Waals surface area contributed by atoms with Crippen molar-refractivity contribution >= 4 is 10.9 Å². The van der Waals surface area contributed by atoms with Gasteiger partial charge in [-0.15, -0.1) is 0 Å². The minimum Gasteiger partial charge on any atom is -0.374 e. The fraction of sp³-hybridized carbons (Fsp3) is 0.375. The molecule has 0 aliphatic carbocycles. The van der Waals surface area contributed by atoms with Crippen LogP contribution in [0.4, 0.5) is 0 Å². The van der Waals surface area contributed by atoms with Crippen LogP contribution in [0, 0.1) is 6.92 Å². The van der Waals surface area contributed by atoms with Crippen LogP contribution in [0.3, 0.4) is 0 Å². The lowest BCUT2D eigenvalue weighted by atomic mass is 9.73. The second kappa shape index (κ2) is 7.79. The van der Waals surface area contributed by atoms with Gasteiger partial charge < -0.3 is 9.64 Å². The molecule has 1 saturated heterocycles. The molecule has 2 heterocycles. The number of nitrogens with zero attached hydrogens (tertiary/aromatic N) is 2. The summed E-state index contributed by atoms with van der Waals surface area (Å²) in [6.07, 6.45) is 2.27. The van der Waals surface area contributed by atoms with Crippen LogP contribution in [-0.4, -0.2) is 36.6 Å².